The van der Waals surface area contributed by atoms with Gasteiger partial charge in [0.25, 0.3) is 5.91 Å². The van der Waals surface area contributed by atoms with Gasteiger partial charge in [0, 0.05) is 24.3 Å². The van der Waals surface area contributed by atoms with Crippen LogP contribution in [0, 0.1) is 11.3 Å². The maximum Gasteiger partial charge on any atom is 0.255 e. The van der Waals surface area contributed by atoms with Gasteiger partial charge in [0.1, 0.15) is 6.07 Å². The van der Waals surface area contributed by atoms with E-state index < -0.39 is 0 Å². The van der Waals surface area contributed by atoms with Crippen molar-refractivity contribution in [1.29, 1.82) is 5.26 Å². The molecule has 148 valence electrons. The van der Waals surface area contributed by atoms with Crippen molar-refractivity contribution < 1.29 is 4.79 Å². The first-order valence-corrected chi connectivity index (χ1v) is 10.0. The average Bonchev–Trinajstić information content (AvgIpc) is 3.34. The molecule has 29 heavy (non-hydrogen) atoms. The molecule has 7 nitrogen and oxygen atoms in total. The standard InChI is InChI=1S/C21H21ClN6O/c1-14(25-21(29)17-12-24-28-8-3-2-4-20(17)28)13-27-9-7-19(26-27)15-5-6-16(11-23)18(22)10-15/h5-7,9-10,12,14H,2-4,8,13H2,1H3,(H,25,29)/t14-/m0/s1. The van der Waals surface area contributed by atoms with Crippen molar-refractivity contribution in [2.75, 3.05) is 0 Å². The highest BCUT2D eigenvalue weighted by Crippen LogP contribution is 2.24. The number of fused-ring (bicyclic) bond motifs is 1. The Balaban J connectivity index is 1.41. The Morgan fingerprint density at radius 1 is 1.38 bits per heavy atom. The number of nitrogens with zero attached hydrogens (tertiary/aromatic N) is 5. The first-order chi connectivity index (χ1) is 14.0. The number of halogens is 1. The van der Waals surface area contributed by atoms with E-state index in [9.17, 15) is 4.79 Å². The van der Waals surface area contributed by atoms with Crippen LogP contribution in [0.2, 0.25) is 5.02 Å². The molecule has 0 spiro atoms. The van der Waals surface area contributed by atoms with Crippen LogP contribution < -0.4 is 5.32 Å². The lowest BCUT2D eigenvalue weighted by Gasteiger charge is -2.16. The molecule has 0 saturated heterocycles. The first kappa shape index (κ1) is 19.2. The fourth-order valence-corrected chi connectivity index (χ4v) is 3.84. The van der Waals surface area contributed by atoms with Crippen LogP contribution in [0.3, 0.4) is 0 Å². The Hall–Kier alpha value is -3.11. The van der Waals surface area contributed by atoms with Crippen LogP contribution in [0.25, 0.3) is 11.3 Å². The molecule has 1 amide bonds. The predicted octanol–water partition coefficient (Wildman–Crippen LogP) is 3.43. The Labute approximate surface area is 173 Å². The summed E-state index contributed by atoms with van der Waals surface area (Å²) in [6.07, 6.45) is 6.64. The lowest BCUT2D eigenvalue weighted by atomic mass is 10.1. The maximum atomic E-state index is 12.7. The van der Waals surface area contributed by atoms with Crippen LogP contribution in [-0.4, -0.2) is 31.5 Å². The van der Waals surface area contributed by atoms with Crippen molar-refractivity contribution in [2.24, 2.45) is 0 Å². The summed E-state index contributed by atoms with van der Waals surface area (Å²) < 4.78 is 3.73. The van der Waals surface area contributed by atoms with E-state index in [1.165, 1.54) is 0 Å². The molecule has 1 aromatic carbocycles. The number of aromatic nitrogens is 4. The van der Waals surface area contributed by atoms with Crippen molar-refractivity contribution in [1.82, 2.24) is 24.9 Å². The molecule has 1 aliphatic heterocycles. The lowest BCUT2D eigenvalue weighted by Crippen LogP contribution is -2.36. The van der Waals surface area contributed by atoms with Crippen molar-refractivity contribution in [3.05, 3.63) is 58.5 Å². The molecular weight excluding hydrogens is 388 g/mol. The highest BCUT2D eigenvalue weighted by atomic mass is 35.5. The highest BCUT2D eigenvalue weighted by Gasteiger charge is 2.21. The summed E-state index contributed by atoms with van der Waals surface area (Å²) in [5.41, 5.74) is 3.75. The second-order valence-electron chi connectivity index (χ2n) is 7.29. The Morgan fingerprint density at radius 3 is 3.03 bits per heavy atom. The second-order valence-corrected chi connectivity index (χ2v) is 7.70. The van der Waals surface area contributed by atoms with Gasteiger partial charge < -0.3 is 5.32 Å². The number of nitriles is 1. The zero-order valence-electron chi connectivity index (χ0n) is 16.1. The third-order valence-corrected chi connectivity index (χ3v) is 5.40. The fourth-order valence-electron chi connectivity index (χ4n) is 3.62. The number of hydrogen-bond donors (Lipinski definition) is 1. The van der Waals surface area contributed by atoms with Crippen molar-refractivity contribution in [3.8, 4) is 17.3 Å². The molecule has 3 heterocycles. The van der Waals surface area contributed by atoms with Crippen molar-refractivity contribution >= 4 is 17.5 Å². The number of carbonyl (C=O) groups is 1. The zero-order valence-corrected chi connectivity index (χ0v) is 16.9. The third-order valence-electron chi connectivity index (χ3n) is 5.09. The minimum absolute atomic E-state index is 0.0908. The number of benzene rings is 1. The van der Waals surface area contributed by atoms with Crippen molar-refractivity contribution in [2.45, 2.75) is 45.3 Å². The van der Waals surface area contributed by atoms with Gasteiger partial charge in [0.05, 0.1) is 40.3 Å². The summed E-state index contributed by atoms with van der Waals surface area (Å²) in [7, 11) is 0. The van der Waals surface area contributed by atoms with Crippen LogP contribution in [0.15, 0.2) is 36.7 Å². The van der Waals surface area contributed by atoms with Crippen molar-refractivity contribution in [3.63, 3.8) is 0 Å². The SMILES string of the molecule is C[C@@H](Cn1ccc(-c2ccc(C#N)c(Cl)c2)n1)NC(=O)c1cnn2c1CCCC2. The molecule has 0 radical (unpaired) electrons. The number of hydrogen-bond acceptors (Lipinski definition) is 4. The topological polar surface area (TPSA) is 88.5 Å². The van der Waals surface area contributed by atoms with Crippen LogP contribution in [-0.2, 0) is 19.5 Å². The smallest absolute Gasteiger partial charge is 0.255 e. The quantitative estimate of drug-likeness (QED) is 0.700. The van der Waals surface area contributed by atoms with Gasteiger partial charge in [-0.1, -0.05) is 17.7 Å². The van der Waals surface area contributed by atoms with E-state index in [-0.39, 0.29) is 11.9 Å². The molecule has 0 bridgehead atoms. The van der Waals surface area contributed by atoms with E-state index in [0.717, 1.165) is 42.8 Å². The van der Waals surface area contributed by atoms with Gasteiger partial charge in [-0.25, -0.2) is 0 Å². The molecule has 0 aliphatic carbocycles. The number of nitrogens with one attached hydrogen (secondary N) is 1. The summed E-state index contributed by atoms with van der Waals surface area (Å²) >= 11 is 6.12. The van der Waals surface area contributed by atoms with Gasteiger partial charge in [0.15, 0.2) is 0 Å². The van der Waals surface area contributed by atoms with E-state index in [2.05, 4.69) is 21.6 Å². The number of rotatable bonds is 5. The van der Waals surface area contributed by atoms with E-state index in [1.54, 1.807) is 23.0 Å². The molecule has 1 N–H and O–H groups in total. The highest BCUT2D eigenvalue weighted by molar-refractivity contribution is 6.32. The average molecular weight is 409 g/mol. The summed E-state index contributed by atoms with van der Waals surface area (Å²) in [6.45, 7) is 3.38. The maximum absolute atomic E-state index is 12.7. The van der Waals surface area contributed by atoms with Gasteiger partial charge in [-0.2, -0.15) is 15.5 Å². The molecule has 0 fully saturated rings. The van der Waals surface area contributed by atoms with Crippen LogP contribution in [0.4, 0.5) is 0 Å². The normalized spacial score (nSPS) is 14.1. The minimum atomic E-state index is -0.0982. The van der Waals surface area contributed by atoms with Gasteiger partial charge in [-0.05, 0) is 44.4 Å². The fraction of sp³-hybridized carbons (Fsp3) is 0.333. The van der Waals surface area contributed by atoms with E-state index in [4.69, 9.17) is 16.9 Å². The molecule has 4 rings (SSSR count). The van der Waals surface area contributed by atoms with Gasteiger partial charge in [0.2, 0.25) is 0 Å². The van der Waals surface area contributed by atoms with Crippen LogP contribution in [0.5, 0.6) is 0 Å². The summed E-state index contributed by atoms with van der Waals surface area (Å²) in [5.74, 6) is -0.0908. The van der Waals surface area contributed by atoms with Gasteiger partial charge >= 0.3 is 0 Å². The molecular formula is C21H21ClN6O. The third kappa shape index (κ3) is 4.03. The van der Waals surface area contributed by atoms with E-state index in [0.29, 0.717) is 22.7 Å². The monoisotopic (exact) mass is 408 g/mol. The molecule has 8 heteroatoms. The zero-order chi connectivity index (χ0) is 20.4. The molecule has 1 aliphatic rings. The van der Waals surface area contributed by atoms with Gasteiger partial charge in [-0.3, -0.25) is 14.2 Å². The lowest BCUT2D eigenvalue weighted by molar-refractivity contribution is 0.0934. The first-order valence-electron chi connectivity index (χ1n) is 9.64. The summed E-state index contributed by atoms with van der Waals surface area (Å²) in [5, 5.41) is 21.3. The number of carbonyl (C=O) groups excluding carboxylic acids is 1. The van der Waals surface area contributed by atoms with Crippen LogP contribution in [0.1, 0.15) is 41.4 Å². The molecule has 0 saturated carbocycles. The van der Waals surface area contributed by atoms with E-state index >= 15 is 0 Å². The Kier molecular flexibility index (Phi) is 5.36. The van der Waals surface area contributed by atoms with E-state index in [1.807, 2.05) is 29.9 Å². The molecule has 1 atom stereocenters. The Bertz CT molecular complexity index is 1090. The molecule has 3 aromatic rings. The number of aryl methyl sites for hydroxylation is 1. The Morgan fingerprint density at radius 2 is 2.24 bits per heavy atom. The molecule has 2 aromatic heterocycles. The number of amides is 1. The summed E-state index contributed by atoms with van der Waals surface area (Å²) in [6, 6.07) is 9.09. The largest absolute Gasteiger partial charge is 0.348 e. The second kappa shape index (κ2) is 8.10. The minimum Gasteiger partial charge on any atom is -0.348 e. The van der Waals surface area contributed by atoms with Gasteiger partial charge in [-0.15, -0.1) is 0 Å². The predicted molar refractivity (Wildman–Crippen MR) is 109 cm³/mol. The summed E-state index contributed by atoms with van der Waals surface area (Å²) in [4.78, 5) is 12.7. The molecule has 0 unspecified atom stereocenters. The van der Waals surface area contributed by atoms with Crippen LogP contribution >= 0.6 is 11.6 Å².